The zero-order valence-electron chi connectivity index (χ0n) is 9.96. The number of nitrogens with zero attached hydrogens (tertiary/aromatic N) is 1. The molecule has 0 aliphatic carbocycles. The standard InChI is InChI=1S/C12H18ClNO2/c1-9-6-11(13)7-10(12(9)16-3)8-14(2)4-5-15/h6-7,15H,4-5,8H2,1-3H3. The Kier molecular flexibility index (Phi) is 5.06. The molecule has 16 heavy (non-hydrogen) atoms. The van der Waals surface area contributed by atoms with E-state index in [1.165, 1.54) is 0 Å². The third-order valence-electron chi connectivity index (χ3n) is 2.44. The van der Waals surface area contributed by atoms with Gasteiger partial charge < -0.3 is 9.84 Å². The Labute approximate surface area is 102 Å². The Morgan fingerprint density at radius 3 is 2.69 bits per heavy atom. The number of likely N-dealkylation sites (N-methyl/N-ethyl adjacent to an activating group) is 1. The first-order valence-corrected chi connectivity index (χ1v) is 5.58. The summed E-state index contributed by atoms with van der Waals surface area (Å²) in [4.78, 5) is 2.02. The Balaban J connectivity index is 2.93. The van der Waals surface area contributed by atoms with Crippen molar-refractivity contribution >= 4 is 11.6 Å². The highest BCUT2D eigenvalue weighted by molar-refractivity contribution is 6.30. The van der Waals surface area contributed by atoms with Crippen LogP contribution in [0.5, 0.6) is 5.75 Å². The topological polar surface area (TPSA) is 32.7 Å². The predicted molar refractivity (Wildman–Crippen MR) is 66.2 cm³/mol. The zero-order chi connectivity index (χ0) is 12.1. The molecule has 0 amide bonds. The number of aliphatic hydroxyl groups excluding tert-OH is 1. The van der Waals surface area contributed by atoms with Crippen LogP contribution < -0.4 is 4.74 Å². The summed E-state index contributed by atoms with van der Waals surface area (Å²) >= 11 is 6.02. The maximum Gasteiger partial charge on any atom is 0.126 e. The van der Waals surface area contributed by atoms with E-state index in [1.54, 1.807) is 7.11 Å². The summed E-state index contributed by atoms with van der Waals surface area (Å²) in [5.41, 5.74) is 2.07. The Bertz CT molecular complexity index is 355. The van der Waals surface area contributed by atoms with E-state index in [2.05, 4.69) is 0 Å². The third-order valence-corrected chi connectivity index (χ3v) is 2.66. The van der Waals surface area contributed by atoms with Crippen LogP contribution >= 0.6 is 11.6 Å². The average molecular weight is 244 g/mol. The molecule has 4 heteroatoms. The van der Waals surface area contributed by atoms with Crippen LogP contribution in [0.3, 0.4) is 0 Å². The average Bonchev–Trinajstić information content (AvgIpc) is 2.17. The van der Waals surface area contributed by atoms with Crippen LogP contribution in [0, 0.1) is 6.92 Å². The lowest BCUT2D eigenvalue weighted by molar-refractivity contribution is 0.216. The van der Waals surface area contributed by atoms with E-state index in [-0.39, 0.29) is 6.61 Å². The van der Waals surface area contributed by atoms with E-state index in [0.29, 0.717) is 18.1 Å². The second-order valence-corrected chi connectivity index (χ2v) is 4.31. The molecule has 0 heterocycles. The fraction of sp³-hybridized carbons (Fsp3) is 0.500. The molecule has 0 bridgehead atoms. The van der Waals surface area contributed by atoms with Crippen LogP contribution in [0.25, 0.3) is 0 Å². The number of ether oxygens (including phenoxy) is 1. The molecule has 0 unspecified atom stereocenters. The molecule has 0 saturated carbocycles. The summed E-state index contributed by atoms with van der Waals surface area (Å²) in [6.07, 6.45) is 0. The SMILES string of the molecule is COc1c(C)cc(Cl)cc1CN(C)CCO. The van der Waals surface area contributed by atoms with Crippen LogP contribution in [-0.4, -0.2) is 37.3 Å². The molecular formula is C12H18ClNO2. The molecule has 1 aromatic rings. The molecule has 1 rings (SSSR count). The zero-order valence-corrected chi connectivity index (χ0v) is 10.7. The van der Waals surface area contributed by atoms with Crippen molar-refractivity contribution in [3.8, 4) is 5.75 Å². The van der Waals surface area contributed by atoms with E-state index in [9.17, 15) is 0 Å². The lowest BCUT2D eigenvalue weighted by atomic mass is 10.1. The van der Waals surface area contributed by atoms with Gasteiger partial charge in [0.05, 0.1) is 13.7 Å². The molecule has 1 aromatic carbocycles. The minimum atomic E-state index is 0.151. The number of hydrogen-bond donors (Lipinski definition) is 1. The van der Waals surface area contributed by atoms with Gasteiger partial charge >= 0.3 is 0 Å². The van der Waals surface area contributed by atoms with Crippen molar-refractivity contribution in [2.24, 2.45) is 0 Å². The van der Waals surface area contributed by atoms with Crippen molar-refractivity contribution in [3.63, 3.8) is 0 Å². The molecule has 0 atom stereocenters. The molecule has 90 valence electrons. The molecule has 3 nitrogen and oxygen atoms in total. The monoisotopic (exact) mass is 243 g/mol. The van der Waals surface area contributed by atoms with Crippen LogP contribution in [0.1, 0.15) is 11.1 Å². The molecule has 0 saturated heterocycles. The first-order chi connectivity index (χ1) is 7.58. The summed E-state index contributed by atoms with van der Waals surface area (Å²) in [6, 6.07) is 3.79. The fourth-order valence-electron chi connectivity index (χ4n) is 1.75. The second-order valence-electron chi connectivity index (χ2n) is 3.88. The number of benzene rings is 1. The molecule has 0 aliphatic heterocycles. The number of aryl methyl sites for hydroxylation is 1. The van der Waals surface area contributed by atoms with Gasteiger partial charge in [0.2, 0.25) is 0 Å². The maximum atomic E-state index is 8.85. The van der Waals surface area contributed by atoms with Gasteiger partial charge in [-0.1, -0.05) is 11.6 Å². The van der Waals surface area contributed by atoms with E-state index < -0.39 is 0 Å². The summed E-state index contributed by atoms with van der Waals surface area (Å²) in [7, 11) is 3.61. The largest absolute Gasteiger partial charge is 0.496 e. The van der Waals surface area contributed by atoms with Gasteiger partial charge in [0.15, 0.2) is 0 Å². The van der Waals surface area contributed by atoms with Gasteiger partial charge in [0, 0.05) is 23.7 Å². The van der Waals surface area contributed by atoms with Gasteiger partial charge in [-0.05, 0) is 31.7 Å². The Morgan fingerprint density at radius 2 is 2.12 bits per heavy atom. The van der Waals surface area contributed by atoms with Crippen molar-refractivity contribution in [1.29, 1.82) is 0 Å². The molecule has 0 aromatic heterocycles. The van der Waals surface area contributed by atoms with Crippen molar-refractivity contribution < 1.29 is 9.84 Å². The first-order valence-electron chi connectivity index (χ1n) is 5.21. The minimum absolute atomic E-state index is 0.151. The van der Waals surface area contributed by atoms with E-state index in [0.717, 1.165) is 16.9 Å². The highest BCUT2D eigenvalue weighted by Crippen LogP contribution is 2.28. The van der Waals surface area contributed by atoms with E-state index >= 15 is 0 Å². The number of rotatable bonds is 5. The van der Waals surface area contributed by atoms with Crippen molar-refractivity contribution in [1.82, 2.24) is 4.90 Å². The maximum absolute atomic E-state index is 8.85. The third kappa shape index (κ3) is 3.37. The Morgan fingerprint density at radius 1 is 1.44 bits per heavy atom. The van der Waals surface area contributed by atoms with Crippen LogP contribution in [0.2, 0.25) is 5.02 Å². The Hall–Kier alpha value is -0.770. The first kappa shape index (κ1) is 13.3. The summed E-state index contributed by atoms with van der Waals surface area (Å²) < 4.78 is 5.36. The number of aliphatic hydroxyl groups is 1. The number of hydrogen-bond acceptors (Lipinski definition) is 3. The highest BCUT2D eigenvalue weighted by atomic mass is 35.5. The van der Waals surface area contributed by atoms with Gasteiger partial charge in [-0.25, -0.2) is 0 Å². The number of halogens is 1. The van der Waals surface area contributed by atoms with Crippen molar-refractivity contribution in [3.05, 3.63) is 28.3 Å². The van der Waals surface area contributed by atoms with E-state index in [1.807, 2.05) is 31.0 Å². The van der Waals surface area contributed by atoms with Gasteiger partial charge in [0.1, 0.15) is 5.75 Å². The van der Waals surface area contributed by atoms with E-state index in [4.69, 9.17) is 21.4 Å². The molecule has 1 N–H and O–H groups in total. The lowest BCUT2D eigenvalue weighted by Gasteiger charge is -2.18. The van der Waals surface area contributed by atoms with Crippen molar-refractivity contribution in [2.75, 3.05) is 27.3 Å². The van der Waals surface area contributed by atoms with Gasteiger partial charge in [-0.15, -0.1) is 0 Å². The fourth-order valence-corrected chi connectivity index (χ4v) is 2.04. The normalized spacial score (nSPS) is 10.9. The summed E-state index contributed by atoms with van der Waals surface area (Å²) in [5, 5.41) is 9.56. The van der Waals surface area contributed by atoms with Crippen LogP contribution in [-0.2, 0) is 6.54 Å². The smallest absolute Gasteiger partial charge is 0.126 e. The lowest BCUT2D eigenvalue weighted by Crippen LogP contribution is -2.21. The predicted octanol–water partition coefficient (Wildman–Crippen LogP) is 2.08. The quantitative estimate of drug-likeness (QED) is 0.860. The highest BCUT2D eigenvalue weighted by Gasteiger charge is 2.10. The summed E-state index contributed by atoms with van der Waals surface area (Å²) in [6.45, 7) is 3.47. The van der Waals surface area contributed by atoms with Crippen molar-refractivity contribution in [2.45, 2.75) is 13.5 Å². The molecule has 0 spiro atoms. The van der Waals surface area contributed by atoms with Crippen LogP contribution in [0.4, 0.5) is 0 Å². The minimum Gasteiger partial charge on any atom is -0.496 e. The van der Waals surface area contributed by atoms with Gasteiger partial charge in [0.25, 0.3) is 0 Å². The van der Waals surface area contributed by atoms with Crippen LogP contribution in [0.15, 0.2) is 12.1 Å². The second kappa shape index (κ2) is 6.09. The van der Waals surface area contributed by atoms with Gasteiger partial charge in [-0.2, -0.15) is 0 Å². The molecule has 0 fully saturated rings. The number of methoxy groups -OCH3 is 1. The molecule has 0 aliphatic rings. The molecular weight excluding hydrogens is 226 g/mol. The summed E-state index contributed by atoms with van der Waals surface area (Å²) in [5.74, 6) is 0.870. The molecule has 0 radical (unpaired) electrons. The van der Waals surface area contributed by atoms with Gasteiger partial charge in [-0.3, -0.25) is 4.90 Å².